The Morgan fingerprint density at radius 3 is 2.47 bits per heavy atom. The third-order valence-corrected chi connectivity index (χ3v) is 7.35. The highest BCUT2D eigenvalue weighted by Crippen LogP contribution is 2.23. The number of anilines is 1. The molecule has 0 saturated carbocycles. The summed E-state index contributed by atoms with van der Waals surface area (Å²) in [6.07, 6.45) is 1.80. The van der Waals surface area contributed by atoms with E-state index in [1.807, 2.05) is 13.0 Å². The quantitative estimate of drug-likeness (QED) is 0.386. The number of carbonyl (C=O) groups is 1. The minimum absolute atomic E-state index is 0.179. The van der Waals surface area contributed by atoms with Gasteiger partial charge in [-0.1, -0.05) is 30.7 Å². The summed E-state index contributed by atoms with van der Waals surface area (Å²) in [5.41, 5.74) is 1.06. The van der Waals surface area contributed by atoms with Crippen LogP contribution < -0.4 is 10.7 Å². The molecule has 0 saturated heterocycles. The largest absolute Gasteiger partial charge is 0.336 e. The van der Waals surface area contributed by atoms with Gasteiger partial charge in [0.15, 0.2) is 0 Å². The van der Waals surface area contributed by atoms with Gasteiger partial charge in [-0.25, -0.2) is 12.8 Å². The van der Waals surface area contributed by atoms with Crippen molar-refractivity contribution in [1.29, 1.82) is 0 Å². The van der Waals surface area contributed by atoms with E-state index >= 15 is 0 Å². The van der Waals surface area contributed by atoms with Gasteiger partial charge in [0.05, 0.1) is 10.4 Å². The maximum absolute atomic E-state index is 13.3. The van der Waals surface area contributed by atoms with Gasteiger partial charge in [0.2, 0.25) is 21.2 Å². The number of nitrogens with one attached hydrogen (secondary N) is 1. The first kappa shape index (κ1) is 23.7. The summed E-state index contributed by atoms with van der Waals surface area (Å²) < 4.78 is 41.3. The van der Waals surface area contributed by atoms with Crippen LogP contribution in [0.5, 0.6) is 0 Å². The third-order valence-electron chi connectivity index (χ3n) is 5.36. The van der Waals surface area contributed by atoms with E-state index in [0.29, 0.717) is 22.6 Å². The molecule has 4 aromatic rings. The van der Waals surface area contributed by atoms with E-state index < -0.39 is 31.9 Å². The molecule has 3 aromatic carbocycles. The Balaban J connectivity index is 1.84. The first-order valence-corrected chi connectivity index (χ1v) is 12.3. The minimum atomic E-state index is -4.27. The zero-order valence-corrected chi connectivity index (χ0v) is 19.7. The van der Waals surface area contributed by atoms with Gasteiger partial charge in [-0.2, -0.15) is 0 Å². The van der Waals surface area contributed by atoms with Gasteiger partial charge in [0.1, 0.15) is 17.3 Å². The Labute approximate surface area is 200 Å². The molecule has 9 heteroatoms. The minimum Gasteiger partial charge on any atom is -0.336 e. The van der Waals surface area contributed by atoms with E-state index in [1.54, 1.807) is 36.4 Å². The number of pyridine rings is 1. The Morgan fingerprint density at radius 1 is 1.06 bits per heavy atom. The Morgan fingerprint density at radius 2 is 1.79 bits per heavy atom. The fourth-order valence-corrected chi connectivity index (χ4v) is 5.18. The van der Waals surface area contributed by atoms with Crippen molar-refractivity contribution >= 4 is 43.9 Å². The molecule has 1 N–H and O–H groups in total. The van der Waals surface area contributed by atoms with Crippen LogP contribution in [0, 0.1) is 5.82 Å². The normalized spacial score (nSPS) is 11.5. The maximum Gasteiger partial charge on any atom is 0.244 e. The fraction of sp³-hybridized carbons (Fsp3) is 0.120. The van der Waals surface area contributed by atoms with E-state index in [1.165, 1.54) is 4.57 Å². The molecule has 1 heterocycles. The lowest BCUT2D eigenvalue weighted by atomic mass is 10.1. The van der Waals surface area contributed by atoms with Gasteiger partial charge in [0.25, 0.3) is 0 Å². The van der Waals surface area contributed by atoms with Crippen LogP contribution in [0.25, 0.3) is 10.9 Å². The second-order valence-corrected chi connectivity index (χ2v) is 10.0. The van der Waals surface area contributed by atoms with Gasteiger partial charge in [-0.05, 0) is 66.6 Å². The van der Waals surface area contributed by atoms with Crippen LogP contribution in [-0.4, -0.2) is 18.9 Å². The Bertz CT molecular complexity index is 1560. The number of sulfone groups is 1. The average Bonchev–Trinajstić information content (AvgIpc) is 2.80. The number of hydrogen-bond donors (Lipinski definition) is 1. The van der Waals surface area contributed by atoms with E-state index in [0.717, 1.165) is 36.0 Å². The maximum atomic E-state index is 13.3. The van der Waals surface area contributed by atoms with Crippen molar-refractivity contribution in [3.63, 3.8) is 0 Å². The summed E-state index contributed by atoms with van der Waals surface area (Å²) in [6, 6.07) is 16.0. The first-order chi connectivity index (χ1) is 16.2. The highest BCUT2D eigenvalue weighted by molar-refractivity contribution is 7.91. The third kappa shape index (κ3) is 4.73. The molecule has 34 heavy (non-hydrogen) atoms. The lowest BCUT2D eigenvalue weighted by Gasteiger charge is -2.15. The molecule has 0 fully saturated rings. The van der Waals surface area contributed by atoms with Crippen molar-refractivity contribution in [2.75, 3.05) is 5.32 Å². The van der Waals surface area contributed by atoms with Crippen LogP contribution in [0.4, 0.5) is 10.1 Å². The number of nitrogens with zero attached hydrogens (tertiary/aromatic N) is 1. The number of benzene rings is 3. The zero-order valence-electron chi connectivity index (χ0n) is 18.1. The Hall–Kier alpha value is -3.49. The molecule has 0 aliphatic rings. The number of fused-ring (bicyclic) bond motifs is 1. The van der Waals surface area contributed by atoms with Crippen LogP contribution in [0.1, 0.15) is 12.5 Å². The van der Waals surface area contributed by atoms with E-state index in [4.69, 9.17) is 11.6 Å². The van der Waals surface area contributed by atoms with Crippen LogP contribution >= 0.6 is 11.6 Å². The van der Waals surface area contributed by atoms with Crippen LogP contribution in [0.3, 0.4) is 0 Å². The molecular weight excluding hydrogens is 479 g/mol. The lowest BCUT2D eigenvalue weighted by molar-refractivity contribution is -0.116. The van der Waals surface area contributed by atoms with Gasteiger partial charge in [0, 0.05) is 22.3 Å². The van der Waals surface area contributed by atoms with E-state index in [2.05, 4.69) is 5.32 Å². The summed E-state index contributed by atoms with van der Waals surface area (Å²) in [6.45, 7) is 1.66. The number of halogens is 2. The summed E-state index contributed by atoms with van der Waals surface area (Å²) in [5, 5.41) is 3.34. The Kier molecular flexibility index (Phi) is 6.54. The number of hydrogen-bond acceptors (Lipinski definition) is 4. The predicted octanol–water partition coefficient (Wildman–Crippen LogP) is 4.83. The van der Waals surface area contributed by atoms with Crippen molar-refractivity contribution in [2.24, 2.45) is 0 Å². The molecule has 1 amide bonds. The topological polar surface area (TPSA) is 85.2 Å². The van der Waals surface area contributed by atoms with Crippen LogP contribution in [-0.2, 0) is 27.6 Å². The molecule has 0 unspecified atom stereocenters. The second kappa shape index (κ2) is 9.40. The second-order valence-electron chi connectivity index (χ2n) is 7.67. The van der Waals surface area contributed by atoms with Crippen LogP contribution in [0.2, 0.25) is 5.02 Å². The summed E-state index contributed by atoms with van der Waals surface area (Å²) in [4.78, 5) is 25.3. The van der Waals surface area contributed by atoms with Crippen molar-refractivity contribution in [1.82, 2.24) is 4.57 Å². The fourth-order valence-electron chi connectivity index (χ4n) is 3.62. The highest BCUT2D eigenvalue weighted by atomic mass is 35.5. The van der Waals surface area contributed by atoms with Crippen molar-refractivity contribution in [3.05, 3.63) is 99.6 Å². The van der Waals surface area contributed by atoms with Gasteiger partial charge >= 0.3 is 0 Å². The standard InChI is InChI=1S/C25H20ClFN2O4S/c1-2-16-6-11-22-21(12-16)25(31)23(34(32,33)20-9-7-18(27)8-10-20)14-29(22)15-24(30)28-19-5-3-4-17(26)13-19/h3-14H,2,15H2,1H3,(H,28,30). The summed E-state index contributed by atoms with van der Waals surface area (Å²) in [7, 11) is -4.27. The molecule has 0 aliphatic carbocycles. The molecule has 174 valence electrons. The number of aromatic nitrogens is 1. The molecule has 0 bridgehead atoms. The molecule has 6 nitrogen and oxygen atoms in total. The average molecular weight is 499 g/mol. The number of amides is 1. The molecular formula is C25H20ClFN2O4S. The molecule has 0 radical (unpaired) electrons. The monoisotopic (exact) mass is 498 g/mol. The SMILES string of the molecule is CCc1ccc2c(c1)c(=O)c(S(=O)(=O)c1ccc(F)cc1)cn2CC(=O)Nc1cccc(Cl)c1. The molecule has 0 spiro atoms. The van der Waals surface area contributed by atoms with Gasteiger partial charge in [-0.15, -0.1) is 0 Å². The summed E-state index contributed by atoms with van der Waals surface area (Å²) >= 11 is 5.97. The number of rotatable bonds is 6. The molecule has 0 aliphatic heterocycles. The molecule has 1 aromatic heterocycles. The smallest absolute Gasteiger partial charge is 0.244 e. The van der Waals surface area contributed by atoms with E-state index in [-0.39, 0.29) is 16.8 Å². The lowest BCUT2D eigenvalue weighted by Crippen LogP contribution is -2.24. The van der Waals surface area contributed by atoms with E-state index in [9.17, 15) is 22.4 Å². The van der Waals surface area contributed by atoms with Gasteiger partial charge < -0.3 is 9.88 Å². The zero-order chi connectivity index (χ0) is 24.5. The molecule has 0 atom stereocenters. The number of carbonyl (C=O) groups excluding carboxylic acids is 1. The van der Waals surface area contributed by atoms with Crippen molar-refractivity contribution in [2.45, 2.75) is 29.7 Å². The first-order valence-electron chi connectivity index (χ1n) is 10.4. The van der Waals surface area contributed by atoms with Crippen molar-refractivity contribution < 1.29 is 17.6 Å². The molecule has 4 rings (SSSR count). The number of aryl methyl sites for hydroxylation is 1. The van der Waals surface area contributed by atoms with Gasteiger partial charge in [-0.3, -0.25) is 9.59 Å². The predicted molar refractivity (Wildman–Crippen MR) is 130 cm³/mol. The highest BCUT2D eigenvalue weighted by Gasteiger charge is 2.24. The van der Waals surface area contributed by atoms with Crippen molar-refractivity contribution in [3.8, 4) is 0 Å². The van der Waals surface area contributed by atoms with Crippen LogP contribution in [0.15, 0.2) is 87.5 Å². The summed E-state index contributed by atoms with van der Waals surface area (Å²) in [5.74, 6) is -1.03.